The SMILES string of the molecule is CCCC(NC(=O)c1nccn2ccnc12)C(=O)O. The van der Waals surface area contributed by atoms with Gasteiger partial charge in [-0.05, 0) is 6.42 Å². The highest BCUT2D eigenvalue weighted by Crippen LogP contribution is 2.06. The van der Waals surface area contributed by atoms with Gasteiger partial charge in [0.05, 0.1) is 0 Å². The summed E-state index contributed by atoms with van der Waals surface area (Å²) in [6.07, 6.45) is 7.42. The molecule has 7 heteroatoms. The van der Waals surface area contributed by atoms with Crippen LogP contribution in [0.25, 0.3) is 5.65 Å². The molecule has 0 radical (unpaired) electrons. The molecule has 0 saturated heterocycles. The first kappa shape index (κ1) is 13.0. The maximum Gasteiger partial charge on any atom is 0.326 e. The van der Waals surface area contributed by atoms with Crippen LogP contribution in [0.2, 0.25) is 0 Å². The van der Waals surface area contributed by atoms with Crippen LogP contribution in [0.5, 0.6) is 0 Å². The lowest BCUT2D eigenvalue weighted by atomic mass is 10.1. The smallest absolute Gasteiger partial charge is 0.326 e. The van der Waals surface area contributed by atoms with Crippen LogP contribution in [0, 0.1) is 0 Å². The summed E-state index contributed by atoms with van der Waals surface area (Å²) in [5.41, 5.74) is 0.524. The number of fused-ring (bicyclic) bond motifs is 1. The molecule has 0 bridgehead atoms. The van der Waals surface area contributed by atoms with Crippen molar-refractivity contribution in [1.82, 2.24) is 19.7 Å². The number of carboxylic acids is 1. The van der Waals surface area contributed by atoms with Gasteiger partial charge in [-0.1, -0.05) is 13.3 Å². The molecule has 1 amide bonds. The number of nitrogens with zero attached hydrogens (tertiary/aromatic N) is 3. The first-order chi connectivity index (χ1) is 9.13. The average molecular weight is 262 g/mol. The van der Waals surface area contributed by atoms with E-state index in [-0.39, 0.29) is 5.69 Å². The van der Waals surface area contributed by atoms with E-state index in [9.17, 15) is 9.59 Å². The van der Waals surface area contributed by atoms with E-state index >= 15 is 0 Å². The molecule has 19 heavy (non-hydrogen) atoms. The lowest BCUT2D eigenvalue weighted by molar-refractivity contribution is -0.139. The second-order valence-corrected chi connectivity index (χ2v) is 4.09. The normalized spacial score (nSPS) is 12.3. The highest BCUT2D eigenvalue weighted by atomic mass is 16.4. The van der Waals surface area contributed by atoms with Crippen LogP contribution in [-0.4, -0.2) is 37.4 Å². The van der Waals surface area contributed by atoms with Crippen LogP contribution in [0.4, 0.5) is 0 Å². The molecule has 1 unspecified atom stereocenters. The Labute approximate surface area is 109 Å². The summed E-state index contributed by atoms with van der Waals surface area (Å²) in [6.45, 7) is 1.86. The number of carboxylic acid groups (broad SMARTS) is 1. The number of hydrogen-bond donors (Lipinski definition) is 2. The fourth-order valence-corrected chi connectivity index (χ4v) is 1.79. The predicted molar refractivity (Wildman–Crippen MR) is 66.8 cm³/mol. The Balaban J connectivity index is 2.24. The van der Waals surface area contributed by atoms with Crippen LogP contribution >= 0.6 is 0 Å². The minimum atomic E-state index is -1.05. The number of aliphatic carboxylic acids is 1. The highest BCUT2D eigenvalue weighted by Gasteiger charge is 2.22. The number of imidazole rings is 1. The van der Waals surface area contributed by atoms with Gasteiger partial charge >= 0.3 is 5.97 Å². The van der Waals surface area contributed by atoms with Gasteiger partial charge in [0.25, 0.3) is 5.91 Å². The molecule has 0 aromatic carbocycles. The third kappa shape index (κ3) is 2.70. The van der Waals surface area contributed by atoms with E-state index in [1.807, 2.05) is 6.92 Å². The van der Waals surface area contributed by atoms with Gasteiger partial charge in [0, 0.05) is 24.8 Å². The molecule has 0 aliphatic carbocycles. The Morgan fingerprint density at radius 1 is 1.37 bits per heavy atom. The van der Waals surface area contributed by atoms with Crippen LogP contribution in [0.3, 0.4) is 0 Å². The topological polar surface area (TPSA) is 96.6 Å². The molecular weight excluding hydrogens is 248 g/mol. The summed E-state index contributed by atoms with van der Waals surface area (Å²) in [6, 6.07) is -0.908. The van der Waals surface area contributed by atoms with Gasteiger partial charge < -0.3 is 14.8 Å². The molecular formula is C12H14N4O3. The second-order valence-electron chi connectivity index (χ2n) is 4.09. The molecule has 0 aliphatic rings. The molecule has 0 fully saturated rings. The Morgan fingerprint density at radius 3 is 2.68 bits per heavy atom. The Morgan fingerprint density at radius 2 is 2.05 bits per heavy atom. The molecule has 100 valence electrons. The second kappa shape index (κ2) is 5.47. The van der Waals surface area contributed by atoms with Gasteiger partial charge in [-0.15, -0.1) is 0 Å². The van der Waals surface area contributed by atoms with Crippen molar-refractivity contribution in [2.45, 2.75) is 25.8 Å². The standard InChI is InChI=1S/C12H14N4O3/c1-2-3-8(12(18)19)15-11(17)9-10-14-5-7-16(10)6-4-13-9/h4-8H,2-3H2,1H3,(H,15,17)(H,18,19). The van der Waals surface area contributed by atoms with E-state index in [0.29, 0.717) is 18.5 Å². The summed E-state index contributed by atoms with van der Waals surface area (Å²) in [5, 5.41) is 11.5. The maximum atomic E-state index is 12.1. The number of aromatic nitrogens is 3. The van der Waals surface area contributed by atoms with Gasteiger partial charge in [0.2, 0.25) is 0 Å². The van der Waals surface area contributed by atoms with Crippen LogP contribution in [0.1, 0.15) is 30.3 Å². The van der Waals surface area contributed by atoms with Crippen molar-refractivity contribution in [1.29, 1.82) is 0 Å². The first-order valence-corrected chi connectivity index (χ1v) is 5.94. The van der Waals surface area contributed by atoms with Crippen molar-refractivity contribution in [3.8, 4) is 0 Å². The van der Waals surface area contributed by atoms with Gasteiger partial charge in [0.1, 0.15) is 6.04 Å². The lowest BCUT2D eigenvalue weighted by Gasteiger charge is -2.13. The van der Waals surface area contributed by atoms with Crippen molar-refractivity contribution in [3.05, 3.63) is 30.5 Å². The molecule has 0 aliphatic heterocycles. The molecule has 1 atom stereocenters. The molecule has 7 nitrogen and oxygen atoms in total. The molecule has 0 saturated carbocycles. The predicted octanol–water partition coefficient (Wildman–Crippen LogP) is 0.712. The lowest BCUT2D eigenvalue weighted by Crippen LogP contribution is -2.41. The number of carbonyl (C=O) groups is 2. The molecule has 2 heterocycles. The minimum absolute atomic E-state index is 0.120. The Kier molecular flexibility index (Phi) is 3.74. The molecule has 0 spiro atoms. The van der Waals surface area contributed by atoms with Crippen molar-refractivity contribution in [2.75, 3.05) is 0 Å². The van der Waals surface area contributed by atoms with Crippen LogP contribution in [0.15, 0.2) is 24.8 Å². The average Bonchev–Trinajstić information content (AvgIpc) is 2.85. The summed E-state index contributed by atoms with van der Waals surface area (Å²) in [5.74, 6) is -1.58. The molecule has 2 N–H and O–H groups in total. The third-order valence-electron chi connectivity index (χ3n) is 2.71. The van der Waals surface area contributed by atoms with Gasteiger partial charge in [-0.3, -0.25) is 4.79 Å². The summed E-state index contributed by atoms with van der Waals surface area (Å²) in [4.78, 5) is 31.1. The summed E-state index contributed by atoms with van der Waals surface area (Å²) < 4.78 is 1.65. The quantitative estimate of drug-likeness (QED) is 0.827. The van der Waals surface area contributed by atoms with E-state index < -0.39 is 17.9 Å². The number of hydrogen-bond acceptors (Lipinski definition) is 4. The third-order valence-corrected chi connectivity index (χ3v) is 2.71. The fraction of sp³-hybridized carbons (Fsp3) is 0.333. The number of amides is 1. The van der Waals surface area contributed by atoms with E-state index in [0.717, 1.165) is 0 Å². The van der Waals surface area contributed by atoms with Crippen molar-refractivity contribution < 1.29 is 14.7 Å². The summed E-state index contributed by atoms with van der Waals surface area (Å²) >= 11 is 0. The monoisotopic (exact) mass is 262 g/mol. The van der Waals surface area contributed by atoms with E-state index in [1.54, 1.807) is 23.0 Å². The number of carbonyl (C=O) groups excluding carboxylic acids is 1. The Bertz CT molecular complexity index is 608. The highest BCUT2D eigenvalue weighted by molar-refractivity contribution is 5.99. The van der Waals surface area contributed by atoms with Gasteiger partial charge in [-0.25, -0.2) is 14.8 Å². The van der Waals surface area contributed by atoms with Crippen molar-refractivity contribution >= 4 is 17.5 Å². The molecule has 2 aromatic rings. The summed E-state index contributed by atoms with van der Waals surface area (Å²) in [7, 11) is 0. The van der Waals surface area contributed by atoms with E-state index in [2.05, 4.69) is 15.3 Å². The van der Waals surface area contributed by atoms with E-state index in [1.165, 1.54) is 6.20 Å². The molecule has 2 aromatic heterocycles. The van der Waals surface area contributed by atoms with Crippen LogP contribution < -0.4 is 5.32 Å². The van der Waals surface area contributed by atoms with Crippen molar-refractivity contribution in [3.63, 3.8) is 0 Å². The zero-order chi connectivity index (χ0) is 13.8. The number of rotatable bonds is 5. The zero-order valence-electron chi connectivity index (χ0n) is 10.4. The Hall–Kier alpha value is -2.44. The molecule has 2 rings (SSSR count). The van der Waals surface area contributed by atoms with Crippen molar-refractivity contribution in [2.24, 2.45) is 0 Å². The van der Waals surface area contributed by atoms with Gasteiger partial charge in [-0.2, -0.15) is 0 Å². The fourth-order valence-electron chi connectivity index (χ4n) is 1.79. The minimum Gasteiger partial charge on any atom is -0.480 e. The van der Waals surface area contributed by atoms with Gasteiger partial charge in [0.15, 0.2) is 11.3 Å². The van der Waals surface area contributed by atoms with Crippen LogP contribution in [-0.2, 0) is 4.79 Å². The number of nitrogens with one attached hydrogen (secondary N) is 1. The largest absolute Gasteiger partial charge is 0.480 e. The van der Waals surface area contributed by atoms with E-state index in [4.69, 9.17) is 5.11 Å². The first-order valence-electron chi connectivity index (χ1n) is 5.94. The zero-order valence-corrected chi connectivity index (χ0v) is 10.4. The maximum absolute atomic E-state index is 12.1.